The minimum Gasteiger partial charge on any atom is -0.388 e. The molecule has 16 heavy (non-hydrogen) atoms. The summed E-state index contributed by atoms with van der Waals surface area (Å²) in [6.45, 7) is 0. The minimum absolute atomic E-state index is 0.286. The highest BCUT2D eigenvalue weighted by molar-refractivity contribution is 5.69. The first-order chi connectivity index (χ1) is 7.86. The highest BCUT2D eigenvalue weighted by Gasteiger charge is 2.22. The van der Waals surface area contributed by atoms with E-state index in [4.69, 9.17) is 0 Å². The van der Waals surface area contributed by atoms with Crippen LogP contribution in [0.1, 0.15) is 23.7 Å². The van der Waals surface area contributed by atoms with Crippen LogP contribution in [-0.4, -0.2) is 10.1 Å². The van der Waals surface area contributed by atoms with Gasteiger partial charge < -0.3 is 5.11 Å². The number of aliphatic hydroxyl groups excluding tert-OH is 1. The monoisotopic (exact) mass is 211 g/mol. The van der Waals surface area contributed by atoms with Crippen LogP contribution < -0.4 is 0 Å². The lowest BCUT2D eigenvalue weighted by Gasteiger charge is -2.08. The highest BCUT2D eigenvalue weighted by Crippen LogP contribution is 2.37. The fraction of sp³-hybridized carbons (Fsp3) is 0.214. The van der Waals surface area contributed by atoms with E-state index in [1.807, 2.05) is 24.4 Å². The largest absolute Gasteiger partial charge is 0.388 e. The predicted molar refractivity (Wildman–Crippen MR) is 63.0 cm³/mol. The molecule has 2 aromatic rings. The van der Waals surface area contributed by atoms with Crippen molar-refractivity contribution in [1.82, 2.24) is 4.98 Å². The summed E-state index contributed by atoms with van der Waals surface area (Å²) in [6, 6.07) is 10.1. The van der Waals surface area contributed by atoms with E-state index < -0.39 is 0 Å². The Morgan fingerprint density at radius 3 is 2.94 bits per heavy atom. The molecular weight excluding hydrogens is 198 g/mol. The summed E-state index contributed by atoms with van der Waals surface area (Å²) in [4.78, 5) is 4.14. The lowest BCUT2D eigenvalue weighted by molar-refractivity contribution is 0.180. The van der Waals surface area contributed by atoms with Crippen molar-refractivity contribution in [3.8, 4) is 11.1 Å². The summed E-state index contributed by atoms with van der Waals surface area (Å²) in [6.07, 6.45) is 5.17. The quantitative estimate of drug-likeness (QED) is 0.786. The van der Waals surface area contributed by atoms with Gasteiger partial charge in [-0.1, -0.05) is 24.3 Å². The van der Waals surface area contributed by atoms with Gasteiger partial charge in [0, 0.05) is 18.0 Å². The van der Waals surface area contributed by atoms with Crippen LogP contribution in [0.4, 0.5) is 0 Å². The van der Waals surface area contributed by atoms with E-state index in [0.29, 0.717) is 0 Å². The van der Waals surface area contributed by atoms with Gasteiger partial charge in [-0.2, -0.15) is 0 Å². The van der Waals surface area contributed by atoms with Crippen molar-refractivity contribution >= 4 is 0 Å². The fourth-order valence-corrected chi connectivity index (χ4v) is 2.42. The second-order valence-corrected chi connectivity index (χ2v) is 4.17. The molecule has 1 aromatic carbocycles. The summed E-state index contributed by atoms with van der Waals surface area (Å²) < 4.78 is 0. The zero-order valence-corrected chi connectivity index (χ0v) is 8.93. The van der Waals surface area contributed by atoms with Gasteiger partial charge in [0.15, 0.2) is 0 Å². The summed E-state index contributed by atoms with van der Waals surface area (Å²) in [7, 11) is 0. The summed E-state index contributed by atoms with van der Waals surface area (Å²) in [5.41, 5.74) is 4.71. The first-order valence-electron chi connectivity index (χ1n) is 5.56. The Bertz CT molecular complexity index is 507. The first kappa shape index (κ1) is 9.55. The molecule has 3 rings (SSSR count). The molecule has 0 bridgehead atoms. The smallest absolute Gasteiger partial charge is 0.0796 e. The van der Waals surface area contributed by atoms with Gasteiger partial charge in [0.1, 0.15) is 0 Å². The second-order valence-electron chi connectivity index (χ2n) is 4.17. The van der Waals surface area contributed by atoms with Gasteiger partial charge >= 0.3 is 0 Å². The molecule has 2 heteroatoms. The normalized spacial score (nSPS) is 18.4. The zero-order valence-electron chi connectivity index (χ0n) is 8.93. The molecule has 1 heterocycles. The van der Waals surface area contributed by atoms with E-state index in [9.17, 15) is 5.11 Å². The predicted octanol–water partition coefficient (Wildman–Crippen LogP) is 2.73. The molecule has 1 aliphatic carbocycles. The van der Waals surface area contributed by atoms with E-state index in [0.717, 1.165) is 24.0 Å². The molecule has 0 fully saturated rings. The first-order valence-corrected chi connectivity index (χ1v) is 5.56. The Morgan fingerprint density at radius 2 is 2.12 bits per heavy atom. The molecule has 1 aromatic heterocycles. The number of benzene rings is 1. The molecule has 0 saturated carbocycles. The molecule has 1 N–H and O–H groups in total. The number of aliphatic hydroxyl groups is 1. The third-order valence-corrected chi connectivity index (χ3v) is 3.21. The molecule has 0 aliphatic heterocycles. The van der Waals surface area contributed by atoms with Gasteiger partial charge in [-0.3, -0.25) is 4.98 Å². The van der Waals surface area contributed by atoms with Crippen LogP contribution in [0.5, 0.6) is 0 Å². The second kappa shape index (κ2) is 3.72. The number of pyridine rings is 1. The Kier molecular flexibility index (Phi) is 2.22. The van der Waals surface area contributed by atoms with Gasteiger partial charge in [0.25, 0.3) is 0 Å². The van der Waals surface area contributed by atoms with E-state index in [1.54, 1.807) is 6.20 Å². The van der Waals surface area contributed by atoms with Crippen molar-refractivity contribution in [3.05, 3.63) is 53.9 Å². The highest BCUT2D eigenvalue weighted by atomic mass is 16.3. The van der Waals surface area contributed by atoms with Crippen LogP contribution >= 0.6 is 0 Å². The maximum Gasteiger partial charge on any atom is 0.0796 e. The van der Waals surface area contributed by atoms with Crippen molar-refractivity contribution < 1.29 is 5.11 Å². The van der Waals surface area contributed by atoms with E-state index in [-0.39, 0.29) is 6.10 Å². The SMILES string of the molecule is O[C@H]1CCc2c(-c3cccnc3)cccc21. The van der Waals surface area contributed by atoms with Crippen molar-refractivity contribution in [2.45, 2.75) is 18.9 Å². The van der Waals surface area contributed by atoms with Crippen LogP contribution in [0.2, 0.25) is 0 Å². The Hall–Kier alpha value is -1.67. The van der Waals surface area contributed by atoms with Crippen LogP contribution in [0.25, 0.3) is 11.1 Å². The maximum absolute atomic E-state index is 9.84. The number of rotatable bonds is 1. The fourth-order valence-electron chi connectivity index (χ4n) is 2.42. The van der Waals surface area contributed by atoms with E-state index in [2.05, 4.69) is 17.1 Å². The lowest BCUT2D eigenvalue weighted by Crippen LogP contribution is -1.91. The maximum atomic E-state index is 9.84. The topological polar surface area (TPSA) is 33.1 Å². The van der Waals surface area contributed by atoms with Crippen molar-refractivity contribution in [3.63, 3.8) is 0 Å². The number of fused-ring (bicyclic) bond motifs is 1. The number of aromatic nitrogens is 1. The van der Waals surface area contributed by atoms with Gasteiger partial charge in [0.2, 0.25) is 0 Å². The molecule has 0 radical (unpaired) electrons. The Labute approximate surface area is 94.6 Å². The average molecular weight is 211 g/mol. The van der Waals surface area contributed by atoms with Crippen LogP contribution in [-0.2, 0) is 6.42 Å². The van der Waals surface area contributed by atoms with Crippen molar-refractivity contribution in [2.24, 2.45) is 0 Å². The third-order valence-electron chi connectivity index (χ3n) is 3.21. The molecule has 0 amide bonds. The lowest BCUT2D eigenvalue weighted by atomic mass is 9.98. The van der Waals surface area contributed by atoms with Crippen molar-refractivity contribution in [1.29, 1.82) is 0 Å². The van der Waals surface area contributed by atoms with E-state index >= 15 is 0 Å². The molecule has 0 spiro atoms. The van der Waals surface area contributed by atoms with Gasteiger partial charge in [0.05, 0.1) is 6.10 Å². The number of hydrogen-bond donors (Lipinski definition) is 1. The molecule has 2 nitrogen and oxygen atoms in total. The Morgan fingerprint density at radius 1 is 1.19 bits per heavy atom. The van der Waals surface area contributed by atoms with Crippen LogP contribution in [0.3, 0.4) is 0 Å². The van der Waals surface area contributed by atoms with Gasteiger partial charge in [-0.15, -0.1) is 0 Å². The molecule has 1 atom stereocenters. The number of hydrogen-bond acceptors (Lipinski definition) is 2. The molecular formula is C14H13NO. The summed E-state index contributed by atoms with van der Waals surface area (Å²) in [5, 5.41) is 9.84. The van der Waals surface area contributed by atoms with Gasteiger partial charge in [-0.25, -0.2) is 0 Å². The number of nitrogens with zero attached hydrogens (tertiary/aromatic N) is 1. The summed E-state index contributed by atoms with van der Waals surface area (Å²) >= 11 is 0. The van der Waals surface area contributed by atoms with Crippen LogP contribution in [0.15, 0.2) is 42.7 Å². The minimum atomic E-state index is -0.286. The molecule has 0 unspecified atom stereocenters. The van der Waals surface area contributed by atoms with E-state index in [1.165, 1.54) is 11.1 Å². The average Bonchev–Trinajstić information content (AvgIpc) is 2.73. The van der Waals surface area contributed by atoms with Gasteiger partial charge in [-0.05, 0) is 35.6 Å². The van der Waals surface area contributed by atoms with Crippen LogP contribution in [0, 0.1) is 0 Å². The molecule has 1 aliphatic rings. The standard InChI is InChI=1S/C14H13NO/c16-14-7-6-12-11(4-1-5-13(12)14)10-3-2-8-15-9-10/h1-5,8-9,14,16H,6-7H2/t14-/m0/s1. The summed E-state index contributed by atoms with van der Waals surface area (Å²) in [5.74, 6) is 0. The molecule has 0 saturated heterocycles. The third kappa shape index (κ3) is 1.42. The Balaban J connectivity index is 2.17. The van der Waals surface area contributed by atoms with Crippen molar-refractivity contribution in [2.75, 3.05) is 0 Å². The zero-order chi connectivity index (χ0) is 11.0. The molecule has 80 valence electrons.